The predicted octanol–water partition coefficient (Wildman–Crippen LogP) is 0.767. The van der Waals surface area contributed by atoms with E-state index in [-0.39, 0.29) is 18.0 Å². The maximum Gasteiger partial charge on any atom is 0.345 e. The van der Waals surface area contributed by atoms with Crippen LogP contribution in [0.1, 0.15) is 20.8 Å². The fourth-order valence-electron chi connectivity index (χ4n) is 1.26. The van der Waals surface area contributed by atoms with E-state index in [1.54, 1.807) is 20.8 Å². The summed E-state index contributed by atoms with van der Waals surface area (Å²) in [5.74, 6) is -1.11. The Hall–Kier alpha value is -2.12. The maximum absolute atomic E-state index is 11.2. The first-order valence-corrected chi connectivity index (χ1v) is 5.51. The third kappa shape index (κ3) is 3.94. The van der Waals surface area contributed by atoms with E-state index in [9.17, 15) is 4.79 Å². The van der Waals surface area contributed by atoms with Crippen LogP contribution in [0, 0.1) is 5.41 Å². The molecule has 0 saturated heterocycles. The Balaban J connectivity index is 3.05. The summed E-state index contributed by atoms with van der Waals surface area (Å²) in [5.41, 5.74) is -0.626. The average molecular weight is 271 g/mol. The van der Waals surface area contributed by atoms with Gasteiger partial charge in [0.05, 0.1) is 14.2 Å². The van der Waals surface area contributed by atoms with Crippen LogP contribution in [-0.4, -0.2) is 46.4 Å². The van der Waals surface area contributed by atoms with Gasteiger partial charge in [0, 0.05) is 5.41 Å². The van der Waals surface area contributed by atoms with Crippen LogP contribution < -0.4 is 14.2 Å². The van der Waals surface area contributed by atoms with Gasteiger partial charge in [0.1, 0.15) is 0 Å². The molecule has 106 valence electrons. The number of carboxylic acids is 1. The van der Waals surface area contributed by atoms with Crippen LogP contribution in [0.4, 0.5) is 0 Å². The highest BCUT2D eigenvalue weighted by Gasteiger charge is 2.34. The van der Waals surface area contributed by atoms with Crippen molar-refractivity contribution >= 4 is 5.97 Å². The quantitative estimate of drug-likeness (QED) is 0.837. The minimum absolute atomic E-state index is 0.0140. The molecule has 8 heteroatoms. The van der Waals surface area contributed by atoms with Crippen molar-refractivity contribution in [3.05, 3.63) is 0 Å². The lowest BCUT2D eigenvalue weighted by atomic mass is 9.89. The van der Waals surface area contributed by atoms with E-state index in [1.807, 2.05) is 0 Å². The molecule has 1 aromatic rings. The van der Waals surface area contributed by atoms with Crippen molar-refractivity contribution in [1.82, 2.24) is 15.0 Å². The summed E-state index contributed by atoms with van der Waals surface area (Å²) in [4.78, 5) is 22.6. The number of rotatable bonds is 5. The van der Waals surface area contributed by atoms with Gasteiger partial charge in [0.15, 0.2) is 0 Å². The number of carboxylic acid groups (broad SMARTS) is 1. The Labute approximate surface area is 110 Å². The minimum atomic E-state index is -1.11. The highest BCUT2D eigenvalue weighted by atomic mass is 16.5. The Morgan fingerprint density at radius 1 is 1.05 bits per heavy atom. The number of hydrogen-bond donors (Lipinski definition) is 1. The van der Waals surface area contributed by atoms with E-state index < -0.39 is 17.5 Å². The first-order chi connectivity index (χ1) is 8.77. The van der Waals surface area contributed by atoms with Crippen molar-refractivity contribution in [2.75, 3.05) is 14.2 Å². The second kappa shape index (κ2) is 5.68. The second-order valence-electron chi connectivity index (χ2n) is 4.79. The molecule has 1 N–H and O–H groups in total. The van der Waals surface area contributed by atoms with Crippen LogP contribution >= 0.6 is 0 Å². The average Bonchev–Trinajstić information content (AvgIpc) is 2.33. The third-order valence-electron chi connectivity index (χ3n) is 2.17. The van der Waals surface area contributed by atoms with Gasteiger partial charge < -0.3 is 19.3 Å². The maximum atomic E-state index is 11.2. The largest absolute Gasteiger partial charge is 0.478 e. The van der Waals surface area contributed by atoms with Gasteiger partial charge in [-0.15, -0.1) is 15.0 Å². The van der Waals surface area contributed by atoms with E-state index >= 15 is 0 Å². The molecule has 19 heavy (non-hydrogen) atoms. The number of aliphatic carboxylic acids is 1. The molecule has 1 atom stereocenters. The molecule has 1 aromatic heterocycles. The molecular formula is C11H17N3O5. The smallest absolute Gasteiger partial charge is 0.345 e. The summed E-state index contributed by atoms with van der Waals surface area (Å²) >= 11 is 0. The van der Waals surface area contributed by atoms with E-state index in [0.29, 0.717) is 0 Å². The normalized spacial score (nSPS) is 12.7. The van der Waals surface area contributed by atoms with Crippen molar-refractivity contribution in [1.29, 1.82) is 0 Å². The van der Waals surface area contributed by atoms with Crippen LogP contribution in [0.5, 0.6) is 18.0 Å². The molecule has 8 nitrogen and oxygen atoms in total. The molecule has 1 unspecified atom stereocenters. The van der Waals surface area contributed by atoms with E-state index in [0.717, 1.165) is 0 Å². The van der Waals surface area contributed by atoms with Gasteiger partial charge in [-0.1, -0.05) is 20.8 Å². The molecule has 0 aliphatic heterocycles. The Kier molecular flexibility index (Phi) is 4.47. The van der Waals surface area contributed by atoms with Crippen molar-refractivity contribution in [2.24, 2.45) is 5.41 Å². The summed E-state index contributed by atoms with van der Waals surface area (Å²) in [7, 11) is 2.74. The summed E-state index contributed by atoms with van der Waals surface area (Å²) in [6.07, 6.45) is -1.11. The lowest BCUT2D eigenvalue weighted by Gasteiger charge is -2.26. The number of aromatic nitrogens is 3. The van der Waals surface area contributed by atoms with Crippen LogP contribution in [0.3, 0.4) is 0 Å². The van der Waals surface area contributed by atoms with Crippen molar-refractivity contribution in [3.63, 3.8) is 0 Å². The Morgan fingerprint density at radius 3 is 1.79 bits per heavy atom. The van der Waals surface area contributed by atoms with Crippen molar-refractivity contribution < 1.29 is 24.1 Å². The Bertz CT molecular complexity index is 436. The summed E-state index contributed by atoms with van der Waals surface area (Å²) in [6.45, 7) is 5.21. The van der Waals surface area contributed by atoms with Gasteiger partial charge >= 0.3 is 24.0 Å². The second-order valence-corrected chi connectivity index (χ2v) is 4.79. The molecule has 1 heterocycles. The summed E-state index contributed by atoms with van der Waals surface area (Å²) < 4.78 is 15.0. The lowest BCUT2D eigenvalue weighted by Crippen LogP contribution is -2.39. The topological polar surface area (TPSA) is 104 Å². The zero-order valence-electron chi connectivity index (χ0n) is 11.5. The molecule has 0 aliphatic rings. The SMILES string of the molecule is COc1nc(OC)nc(OC(C(=O)O)C(C)(C)C)n1. The van der Waals surface area contributed by atoms with Crippen molar-refractivity contribution in [2.45, 2.75) is 26.9 Å². The molecule has 1 rings (SSSR count). The lowest BCUT2D eigenvalue weighted by molar-refractivity contribution is -0.150. The van der Waals surface area contributed by atoms with Crippen LogP contribution in [0.25, 0.3) is 0 Å². The molecule has 0 fully saturated rings. The highest BCUT2D eigenvalue weighted by molar-refractivity contribution is 5.73. The molecule has 0 spiro atoms. The molecule has 0 bridgehead atoms. The van der Waals surface area contributed by atoms with E-state index in [2.05, 4.69) is 15.0 Å². The monoisotopic (exact) mass is 271 g/mol. The predicted molar refractivity (Wildman–Crippen MR) is 64.4 cm³/mol. The summed E-state index contributed by atoms with van der Waals surface area (Å²) in [5, 5.41) is 9.16. The van der Waals surface area contributed by atoms with Gasteiger partial charge in [-0.05, 0) is 0 Å². The fraction of sp³-hybridized carbons (Fsp3) is 0.636. The molecular weight excluding hydrogens is 254 g/mol. The summed E-state index contributed by atoms with van der Waals surface area (Å²) in [6, 6.07) is -0.189. The van der Waals surface area contributed by atoms with Gasteiger partial charge in [-0.2, -0.15) is 0 Å². The highest BCUT2D eigenvalue weighted by Crippen LogP contribution is 2.24. The minimum Gasteiger partial charge on any atom is -0.478 e. The number of methoxy groups -OCH3 is 2. The molecule has 0 saturated carbocycles. The third-order valence-corrected chi connectivity index (χ3v) is 2.17. The molecule has 0 aromatic carbocycles. The first kappa shape index (κ1) is 14.9. The zero-order chi connectivity index (χ0) is 14.6. The van der Waals surface area contributed by atoms with E-state index in [1.165, 1.54) is 14.2 Å². The number of carbonyl (C=O) groups is 1. The fourth-order valence-corrected chi connectivity index (χ4v) is 1.26. The van der Waals surface area contributed by atoms with Crippen LogP contribution in [-0.2, 0) is 4.79 Å². The van der Waals surface area contributed by atoms with Gasteiger partial charge in [0.2, 0.25) is 6.10 Å². The van der Waals surface area contributed by atoms with E-state index in [4.69, 9.17) is 19.3 Å². The van der Waals surface area contributed by atoms with Crippen LogP contribution in [0.2, 0.25) is 0 Å². The van der Waals surface area contributed by atoms with Crippen LogP contribution in [0.15, 0.2) is 0 Å². The molecule has 0 radical (unpaired) electrons. The molecule has 0 amide bonds. The van der Waals surface area contributed by atoms with Gasteiger partial charge in [-0.25, -0.2) is 4.79 Å². The van der Waals surface area contributed by atoms with Gasteiger partial charge in [0.25, 0.3) is 0 Å². The zero-order valence-corrected chi connectivity index (χ0v) is 11.5. The standard InChI is InChI=1S/C11H17N3O5/c1-11(2,3)6(7(15)16)19-10-13-8(17-4)12-9(14-10)18-5/h6H,1-5H3,(H,15,16). The number of ether oxygens (including phenoxy) is 3. The van der Waals surface area contributed by atoms with Crippen molar-refractivity contribution in [3.8, 4) is 18.0 Å². The molecule has 0 aliphatic carbocycles. The number of hydrogen-bond acceptors (Lipinski definition) is 7. The number of nitrogens with zero attached hydrogens (tertiary/aromatic N) is 3. The Morgan fingerprint density at radius 2 is 1.47 bits per heavy atom. The van der Waals surface area contributed by atoms with Gasteiger partial charge in [-0.3, -0.25) is 0 Å². The first-order valence-electron chi connectivity index (χ1n) is 5.51.